The number of hydrogen-bond donors (Lipinski definition) is 1. The highest BCUT2D eigenvalue weighted by Gasteiger charge is 2.63. The minimum absolute atomic E-state index is 0.00930. The smallest absolute Gasteiger partial charge is 0.413 e. The molecule has 1 N–H and O–H groups in total. The molecule has 2 saturated carbocycles. The number of halogens is 8. The molecule has 2 aliphatic carbocycles. The predicted molar refractivity (Wildman–Crippen MR) is 153 cm³/mol. The first-order valence-corrected chi connectivity index (χ1v) is 15.3. The fourth-order valence-corrected chi connectivity index (χ4v) is 7.40. The Bertz CT molecular complexity index is 1330. The van der Waals surface area contributed by atoms with E-state index in [0.717, 1.165) is 6.21 Å². The topological polar surface area (TPSA) is 83.8 Å². The number of carbonyl (C=O) groups excluding carboxylic acids is 2. The summed E-state index contributed by atoms with van der Waals surface area (Å²) in [5, 5.41) is 9.45. The fraction of sp³-hybridized carbons (Fsp3) is 0.613. The molecule has 0 saturated heterocycles. The number of rotatable bonds is 10. The molecule has 5 nitrogen and oxygen atoms in total. The van der Waals surface area contributed by atoms with Gasteiger partial charge in [-0.2, -0.15) is 26.3 Å². The molecule has 2 fully saturated rings. The van der Waals surface area contributed by atoms with Crippen LogP contribution in [0.4, 0.5) is 26.3 Å². The number of alkyl halides is 6. The van der Waals surface area contributed by atoms with Crippen molar-refractivity contribution in [2.45, 2.75) is 77.1 Å². The van der Waals surface area contributed by atoms with Crippen LogP contribution in [0.15, 0.2) is 34.3 Å². The lowest BCUT2D eigenvalue weighted by atomic mass is 9.69. The summed E-state index contributed by atoms with van der Waals surface area (Å²) in [6, 6.07) is 4.30. The molecule has 0 aromatic heterocycles. The highest BCUT2D eigenvalue weighted by atomic mass is 35.5. The van der Waals surface area contributed by atoms with E-state index in [-0.39, 0.29) is 46.8 Å². The quantitative estimate of drug-likeness (QED) is 0.199. The van der Waals surface area contributed by atoms with E-state index in [1.807, 2.05) is 0 Å². The van der Waals surface area contributed by atoms with Gasteiger partial charge in [-0.05, 0) is 81.3 Å². The van der Waals surface area contributed by atoms with Crippen LogP contribution in [0.1, 0.15) is 75.1 Å². The van der Waals surface area contributed by atoms with Gasteiger partial charge in [-0.1, -0.05) is 36.2 Å². The third kappa shape index (κ3) is 7.52. The molecule has 1 aromatic rings. The van der Waals surface area contributed by atoms with Gasteiger partial charge in [0.2, 0.25) is 0 Å². The number of aliphatic imine (C=N–C) groups is 1. The summed E-state index contributed by atoms with van der Waals surface area (Å²) < 4.78 is 85.5. The molecule has 3 aliphatic rings. The number of carboxylic acids is 1. The van der Waals surface area contributed by atoms with Crippen LogP contribution >= 0.6 is 23.2 Å². The van der Waals surface area contributed by atoms with Crippen molar-refractivity contribution in [1.82, 2.24) is 0 Å². The summed E-state index contributed by atoms with van der Waals surface area (Å²) in [4.78, 5) is 42.5. The average Bonchev–Trinajstić information content (AvgIpc) is 3.73. The third-order valence-corrected chi connectivity index (χ3v) is 10.2. The van der Waals surface area contributed by atoms with Crippen LogP contribution in [-0.4, -0.2) is 47.8 Å². The lowest BCUT2D eigenvalue weighted by molar-refractivity contribution is -0.192. The summed E-state index contributed by atoms with van der Waals surface area (Å²) in [6.45, 7) is 1.71. The van der Waals surface area contributed by atoms with Crippen LogP contribution in [-0.2, 0) is 9.59 Å². The number of benzene rings is 1. The van der Waals surface area contributed by atoms with Gasteiger partial charge < -0.3 is 5.11 Å². The first kappa shape index (κ1) is 34.5. The molecule has 1 aliphatic heterocycles. The zero-order valence-corrected chi connectivity index (χ0v) is 25.4. The third-order valence-electron chi connectivity index (χ3n) is 9.58. The number of aliphatic carboxylic acids is 1. The zero-order valence-electron chi connectivity index (χ0n) is 23.9. The number of carboxylic acid groups (broad SMARTS) is 1. The molecule has 1 heterocycles. The monoisotopic (exact) mass is 667 g/mol. The Morgan fingerprint density at radius 2 is 1.68 bits per heavy atom. The van der Waals surface area contributed by atoms with Gasteiger partial charge in [0, 0.05) is 36.2 Å². The highest BCUT2D eigenvalue weighted by Crippen LogP contribution is 2.61. The summed E-state index contributed by atoms with van der Waals surface area (Å²) in [6.07, 6.45) is -10.4. The molecular weight excluding hydrogens is 635 g/mol. The second kappa shape index (κ2) is 13.1. The van der Waals surface area contributed by atoms with Crippen molar-refractivity contribution in [3.05, 3.63) is 45.0 Å². The second-order valence-electron chi connectivity index (χ2n) is 12.4. The van der Waals surface area contributed by atoms with Gasteiger partial charge in [-0.25, -0.2) is 0 Å². The van der Waals surface area contributed by atoms with Crippen LogP contribution in [0.25, 0.3) is 0 Å². The van der Waals surface area contributed by atoms with Gasteiger partial charge in [0.25, 0.3) is 0 Å². The number of allylic oxidation sites excluding steroid dienone is 2. The Balaban J connectivity index is 1.63. The lowest BCUT2D eigenvalue weighted by Crippen LogP contribution is -2.34. The Morgan fingerprint density at radius 1 is 1.05 bits per heavy atom. The van der Waals surface area contributed by atoms with Gasteiger partial charge in [-0.3, -0.25) is 19.4 Å². The van der Waals surface area contributed by atoms with E-state index in [4.69, 9.17) is 23.2 Å². The molecule has 4 rings (SSSR count). The molecule has 0 radical (unpaired) electrons. The van der Waals surface area contributed by atoms with E-state index in [1.165, 1.54) is 18.2 Å². The second-order valence-corrected chi connectivity index (χ2v) is 13.3. The molecular formula is C31H33Cl2F6NO4. The standard InChI is InChI=1S/C31H33Cl2F6NO4/c1-16-11-17(5-7-20(16)28(43)44)19-12-22(30(34,35)36)21(15-40-14-19)27(42)18(13-29(9-10-29)31(37,38)39)6-8-25(41)26-23(32)3-2-4-24(26)33/h2-4,15-20H,5-14H2,1H3,(H,43,44)/t16-,17+,18?,19?,20+/m1/s1. The summed E-state index contributed by atoms with van der Waals surface area (Å²) in [5.74, 6) is -6.00. The van der Waals surface area contributed by atoms with Gasteiger partial charge in [0.1, 0.15) is 0 Å². The Labute approximate surface area is 261 Å². The molecule has 5 atom stereocenters. The van der Waals surface area contributed by atoms with Gasteiger partial charge in [-0.15, -0.1) is 0 Å². The Kier molecular flexibility index (Phi) is 10.3. The maximum atomic E-state index is 14.5. The number of carbonyl (C=O) groups is 3. The van der Waals surface area contributed by atoms with E-state index in [2.05, 4.69) is 4.99 Å². The molecule has 1 aromatic carbocycles. The van der Waals surface area contributed by atoms with Crippen LogP contribution in [0, 0.1) is 35.0 Å². The molecule has 0 spiro atoms. The molecule has 0 bridgehead atoms. The normalized spacial score (nSPS) is 26.2. The lowest BCUT2D eigenvalue weighted by Gasteiger charge is -2.36. The minimum atomic E-state index is -4.96. The SMILES string of the molecule is C[C@@H]1C[C@@H](C2CN=CC(C(=O)C(CCC(=O)c3c(Cl)cccc3Cl)CC3(C(F)(F)F)CC3)=C(C(F)(F)F)C2)CC[C@@H]1C(=O)O. The molecule has 13 heteroatoms. The molecule has 2 unspecified atom stereocenters. The van der Waals surface area contributed by atoms with Crippen LogP contribution < -0.4 is 0 Å². The van der Waals surface area contributed by atoms with Crippen molar-refractivity contribution < 1.29 is 45.8 Å². The Morgan fingerprint density at radius 3 is 2.20 bits per heavy atom. The molecule has 0 amide bonds. The van der Waals surface area contributed by atoms with Gasteiger partial charge in [0.15, 0.2) is 11.6 Å². The zero-order chi connectivity index (χ0) is 32.6. The number of ketones is 2. The minimum Gasteiger partial charge on any atom is -0.481 e. The van der Waals surface area contributed by atoms with E-state index in [1.54, 1.807) is 6.92 Å². The van der Waals surface area contributed by atoms with Crippen LogP contribution in [0.2, 0.25) is 10.0 Å². The maximum Gasteiger partial charge on any atom is 0.413 e. The molecule has 44 heavy (non-hydrogen) atoms. The van der Waals surface area contributed by atoms with Crippen molar-refractivity contribution in [2.75, 3.05) is 6.54 Å². The van der Waals surface area contributed by atoms with Crippen molar-refractivity contribution in [3.8, 4) is 0 Å². The van der Waals surface area contributed by atoms with Gasteiger partial charge >= 0.3 is 18.3 Å². The van der Waals surface area contributed by atoms with Crippen molar-refractivity contribution in [2.24, 2.45) is 40.0 Å². The Hall–Kier alpha value is -2.40. The number of Topliss-reactive ketones (excluding diaryl/α,β-unsaturated/α-hetero) is 2. The molecule has 242 valence electrons. The average molecular weight is 669 g/mol. The van der Waals surface area contributed by atoms with E-state index < -0.39 is 89.9 Å². The van der Waals surface area contributed by atoms with Crippen molar-refractivity contribution >= 4 is 47.0 Å². The maximum absolute atomic E-state index is 14.5. The summed E-state index contributed by atoms with van der Waals surface area (Å²) in [7, 11) is 0. The van der Waals surface area contributed by atoms with Crippen LogP contribution in [0.3, 0.4) is 0 Å². The van der Waals surface area contributed by atoms with Gasteiger partial charge in [0.05, 0.1) is 26.9 Å². The first-order chi connectivity index (χ1) is 20.4. The summed E-state index contributed by atoms with van der Waals surface area (Å²) in [5.41, 5.74) is -4.21. The highest BCUT2D eigenvalue weighted by molar-refractivity contribution is 6.39. The van der Waals surface area contributed by atoms with E-state index in [0.29, 0.717) is 19.3 Å². The first-order valence-electron chi connectivity index (χ1n) is 14.6. The van der Waals surface area contributed by atoms with E-state index >= 15 is 0 Å². The fourth-order valence-electron chi connectivity index (χ4n) is 6.79. The summed E-state index contributed by atoms with van der Waals surface area (Å²) >= 11 is 12.2. The van der Waals surface area contributed by atoms with Crippen LogP contribution in [0.5, 0.6) is 0 Å². The predicted octanol–water partition coefficient (Wildman–Crippen LogP) is 8.96. The van der Waals surface area contributed by atoms with Crippen molar-refractivity contribution in [3.63, 3.8) is 0 Å². The van der Waals surface area contributed by atoms with Crippen molar-refractivity contribution in [1.29, 1.82) is 0 Å². The number of nitrogens with zero attached hydrogens (tertiary/aromatic N) is 1. The number of hydrogen-bond acceptors (Lipinski definition) is 4. The largest absolute Gasteiger partial charge is 0.481 e. The van der Waals surface area contributed by atoms with E-state index in [9.17, 15) is 45.8 Å².